The fourth-order valence-electron chi connectivity index (χ4n) is 2.49. The van der Waals surface area contributed by atoms with Crippen LogP contribution in [0.15, 0.2) is 12.3 Å². The van der Waals surface area contributed by atoms with E-state index in [1.54, 1.807) is 0 Å². The Bertz CT molecular complexity index is 300. The summed E-state index contributed by atoms with van der Waals surface area (Å²) in [6, 6.07) is 2.88. The lowest BCUT2D eigenvalue weighted by Crippen LogP contribution is -2.08. The molecule has 2 rings (SSSR count). The van der Waals surface area contributed by atoms with Crippen molar-refractivity contribution in [1.82, 2.24) is 15.1 Å². The topological polar surface area (TPSA) is 29.9 Å². The van der Waals surface area contributed by atoms with Gasteiger partial charge >= 0.3 is 0 Å². The highest BCUT2D eigenvalue weighted by Crippen LogP contribution is 2.28. The molecule has 1 aromatic rings. The Morgan fingerprint density at radius 3 is 2.94 bits per heavy atom. The highest BCUT2D eigenvalue weighted by Gasteiger charge is 2.17. The monoisotopic (exact) mass is 221 g/mol. The average Bonchev–Trinajstić information content (AvgIpc) is 2.94. The number of hydrogen-bond donors (Lipinski definition) is 1. The fraction of sp³-hybridized carbons (Fsp3) is 0.769. The molecule has 1 saturated carbocycles. The molecule has 1 aromatic heterocycles. The molecule has 1 heterocycles. The third-order valence-electron chi connectivity index (χ3n) is 3.47. The van der Waals surface area contributed by atoms with Crippen LogP contribution in [0.4, 0.5) is 0 Å². The summed E-state index contributed by atoms with van der Waals surface area (Å²) in [5.74, 6) is 0. The SMILES string of the molecule is CNCCCCc1ccn(C2CCCC2)n1. The summed E-state index contributed by atoms with van der Waals surface area (Å²) in [6.07, 6.45) is 11.2. The van der Waals surface area contributed by atoms with Crippen LogP contribution in [-0.2, 0) is 6.42 Å². The Morgan fingerprint density at radius 1 is 1.38 bits per heavy atom. The van der Waals surface area contributed by atoms with Gasteiger partial charge in [0.15, 0.2) is 0 Å². The molecule has 1 fully saturated rings. The molecule has 1 aliphatic rings. The number of aromatic nitrogens is 2. The summed E-state index contributed by atoms with van der Waals surface area (Å²) in [4.78, 5) is 0. The molecule has 1 aliphatic carbocycles. The first-order valence-electron chi connectivity index (χ1n) is 6.59. The molecule has 0 atom stereocenters. The Morgan fingerprint density at radius 2 is 2.19 bits per heavy atom. The van der Waals surface area contributed by atoms with Crippen LogP contribution in [-0.4, -0.2) is 23.4 Å². The van der Waals surface area contributed by atoms with Gasteiger partial charge in [0, 0.05) is 6.20 Å². The van der Waals surface area contributed by atoms with E-state index in [2.05, 4.69) is 27.4 Å². The number of hydrogen-bond acceptors (Lipinski definition) is 2. The van der Waals surface area contributed by atoms with Crippen molar-refractivity contribution in [2.45, 2.75) is 51.0 Å². The van der Waals surface area contributed by atoms with Crippen LogP contribution < -0.4 is 5.32 Å². The molecule has 0 saturated heterocycles. The van der Waals surface area contributed by atoms with Crippen molar-refractivity contribution in [3.63, 3.8) is 0 Å². The van der Waals surface area contributed by atoms with Crippen molar-refractivity contribution in [3.05, 3.63) is 18.0 Å². The minimum atomic E-state index is 0.686. The van der Waals surface area contributed by atoms with Crippen LogP contribution in [0.3, 0.4) is 0 Å². The highest BCUT2D eigenvalue weighted by molar-refractivity contribution is 5.00. The summed E-state index contributed by atoms with van der Waals surface area (Å²) < 4.78 is 2.19. The number of nitrogens with zero attached hydrogens (tertiary/aromatic N) is 2. The zero-order valence-corrected chi connectivity index (χ0v) is 10.3. The molecule has 16 heavy (non-hydrogen) atoms. The van der Waals surface area contributed by atoms with Crippen LogP contribution in [0.2, 0.25) is 0 Å². The molecule has 3 heteroatoms. The first-order valence-corrected chi connectivity index (χ1v) is 6.59. The van der Waals surface area contributed by atoms with E-state index in [-0.39, 0.29) is 0 Å². The van der Waals surface area contributed by atoms with E-state index >= 15 is 0 Å². The second kappa shape index (κ2) is 6.04. The Labute approximate surface area is 98.2 Å². The standard InChI is InChI=1S/C13H23N3/c1-14-10-5-4-6-12-9-11-16(15-12)13-7-2-3-8-13/h9,11,13-14H,2-8,10H2,1H3. The molecule has 1 N–H and O–H groups in total. The lowest BCUT2D eigenvalue weighted by atomic mass is 10.2. The molecule has 0 unspecified atom stereocenters. The molecule has 0 amide bonds. The maximum absolute atomic E-state index is 4.69. The lowest BCUT2D eigenvalue weighted by molar-refractivity contribution is 0.462. The quantitative estimate of drug-likeness (QED) is 0.748. The maximum atomic E-state index is 4.69. The Kier molecular flexibility index (Phi) is 4.40. The maximum Gasteiger partial charge on any atom is 0.0624 e. The van der Waals surface area contributed by atoms with E-state index < -0.39 is 0 Å². The number of nitrogens with one attached hydrogen (secondary N) is 1. The fourth-order valence-corrected chi connectivity index (χ4v) is 2.49. The molecule has 0 aromatic carbocycles. The Hall–Kier alpha value is -0.830. The van der Waals surface area contributed by atoms with E-state index in [0.29, 0.717) is 6.04 Å². The molecule has 3 nitrogen and oxygen atoms in total. The molecule has 90 valence electrons. The van der Waals surface area contributed by atoms with Gasteiger partial charge in [-0.15, -0.1) is 0 Å². The van der Waals surface area contributed by atoms with Gasteiger partial charge in [0.05, 0.1) is 11.7 Å². The predicted octanol–water partition coefficient (Wildman–Crippen LogP) is 2.54. The first-order chi connectivity index (χ1) is 7.90. The predicted molar refractivity (Wildman–Crippen MR) is 66.6 cm³/mol. The van der Waals surface area contributed by atoms with Gasteiger partial charge in [-0.1, -0.05) is 12.8 Å². The van der Waals surface area contributed by atoms with Gasteiger partial charge in [0.25, 0.3) is 0 Å². The van der Waals surface area contributed by atoms with Crippen molar-refractivity contribution in [2.24, 2.45) is 0 Å². The zero-order chi connectivity index (χ0) is 11.2. The number of unbranched alkanes of at least 4 members (excludes halogenated alkanes) is 1. The third-order valence-corrected chi connectivity index (χ3v) is 3.47. The van der Waals surface area contributed by atoms with E-state index in [9.17, 15) is 0 Å². The minimum Gasteiger partial charge on any atom is -0.320 e. The van der Waals surface area contributed by atoms with Crippen LogP contribution >= 0.6 is 0 Å². The summed E-state index contributed by atoms with van der Waals surface area (Å²) in [6.45, 7) is 1.11. The summed E-state index contributed by atoms with van der Waals surface area (Å²) in [5.41, 5.74) is 1.27. The normalized spacial score (nSPS) is 17.1. The van der Waals surface area contributed by atoms with Crippen molar-refractivity contribution in [1.29, 1.82) is 0 Å². The van der Waals surface area contributed by atoms with Gasteiger partial charge in [0.2, 0.25) is 0 Å². The lowest BCUT2D eigenvalue weighted by Gasteiger charge is -2.08. The van der Waals surface area contributed by atoms with Gasteiger partial charge in [-0.05, 0) is 51.8 Å². The van der Waals surface area contributed by atoms with Crippen LogP contribution in [0.5, 0.6) is 0 Å². The summed E-state index contributed by atoms with van der Waals surface area (Å²) in [5, 5.41) is 7.86. The van der Waals surface area contributed by atoms with Crippen LogP contribution in [0.1, 0.15) is 50.3 Å². The van der Waals surface area contributed by atoms with Crippen molar-refractivity contribution in [3.8, 4) is 0 Å². The van der Waals surface area contributed by atoms with E-state index in [4.69, 9.17) is 0 Å². The van der Waals surface area contributed by atoms with Crippen molar-refractivity contribution in [2.75, 3.05) is 13.6 Å². The van der Waals surface area contributed by atoms with Gasteiger partial charge < -0.3 is 5.32 Å². The largest absolute Gasteiger partial charge is 0.320 e. The van der Waals surface area contributed by atoms with Gasteiger partial charge in [-0.25, -0.2) is 0 Å². The van der Waals surface area contributed by atoms with E-state index in [1.807, 2.05) is 7.05 Å². The minimum absolute atomic E-state index is 0.686. The van der Waals surface area contributed by atoms with Gasteiger partial charge in [-0.3, -0.25) is 4.68 Å². The summed E-state index contributed by atoms with van der Waals surface area (Å²) >= 11 is 0. The van der Waals surface area contributed by atoms with E-state index in [1.165, 1.54) is 44.2 Å². The van der Waals surface area contributed by atoms with Crippen molar-refractivity contribution < 1.29 is 0 Å². The van der Waals surface area contributed by atoms with Crippen LogP contribution in [0, 0.1) is 0 Å². The molecule has 0 radical (unpaired) electrons. The second-order valence-corrected chi connectivity index (χ2v) is 4.79. The van der Waals surface area contributed by atoms with E-state index in [0.717, 1.165) is 13.0 Å². The van der Waals surface area contributed by atoms with Gasteiger partial charge in [0.1, 0.15) is 0 Å². The third kappa shape index (κ3) is 3.08. The smallest absolute Gasteiger partial charge is 0.0624 e. The number of rotatable bonds is 6. The van der Waals surface area contributed by atoms with Crippen LogP contribution in [0.25, 0.3) is 0 Å². The molecular formula is C13H23N3. The molecular weight excluding hydrogens is 198 g/mol. The summed E-state index contributed by atoms with van der Waals surface area (Å²) in [7, 11) is 2.01. The Balaban J connectivity index is 1.77. The highest BCUT2D eigenvalue weighted by atomic mass is 15.3. The second-order valence-electron chi connectivity index (χ2n) is 4.79. The molecule has 0 aliphatic heterocycles. The number of aryl methyl sites for hydroxylation is 1. The zero-order valence-electron chi connectivity index (χ0n) is 10.3. The van der Waals surface area contributed by atoms with Crippen molar-refractivity contribution >= 4 is 0 Å². The first kappa shape index (κ1) is 11.6. The average molecular weight is 221 g/mol. The van der Waals surface area contributed by atoms with Gasteiger partial charge in [-0.2, -0.15) is 5.10 Å². The molecule has 0 spiro atoms. The molecule has 0 bridgehead atoms.